The molecular weight excluding hydrogens is 294 g/mol. The lowest BCUT2D eigenvalue weighted by atomic mass is 10.0. The molecular formula is C21H23N3. The van der Waals surface area contributed by atoms with Crippen molar-refractivity contribution in [2.45, 2.75) is 19.1 Å². The van der Waals surface area contributed by atoms with Gasteiger partial charge in [0.05, 0.1) is 0 Å². The van der Waals surface area contributed by atoms with Crippen LogP contribution in [0.3, 0.4) is 0 Å². The summed E-state index contributed by atoms with van der Waals surface area (Å²) in [5.41, 5.74) is 9.88. The molecule has 1 unspecified atom stereocenters. The molecule has 122 valence electrons. The first-order chi connectivity index (χ1) is 11.9. The standard InChI is InChI=1S/C21H23N3/c22-14-21(20-12-7-13-23-15-20)24(16-18-8-3-1-4-9-18)17-19-10-5-2-6-11-19/h1-13,15,21H,14,16-17,22H2. The Morgan fingerprint density at radius 3 is 1.83 bits per heavy atom. The molecule has 2 N–H and O–H groups in total. The smallest absolute Gasteiger partial charge is 0.0492 e. The topological polar surface area (TPSA) is 42.1 Å². The predicted octanol–water partition coefficient (Wildman–Crippen LogP) is 3.78. The van der Waals surface area contributed by atoms with Crippen molar-refractivity contribution < 1.29 is 0 Å². The van der Waals surface area contributed by atoms with Crippen molar-refractivity contribution >= 4 is 0 Å². The fraction of sp³-hybridized carbons (Fsp3) is 0.190. The molecule has 3 rings (SSSR count). The molecule has 0 saturated heterocycles. The van der Waals surface area contributed by atoms with E-state index >= 15 is 0 Å². The van der Waals surface area contributed by atoms with E-state index in [0.29, 0.717) is 6.54 Å². The highest BCUT2D eigenvalue weighted by Crippen LogP contribution is 2.23. The van der Waals surface area contributed by atoms with Gasteiger partial charge in [0.15, 0.2) is 0 Å². The summed E-state index contributed by atoms with van der Waals surface area (Å²) in [5, 5.41) is 0. The number of hydrogen-bond acceptors (Lipinski definition) is 3. The Morgan fingerprint density at radius 2 is 1.38 bits per heavy atom. The zero-order chi connectivity index (χ0) is 16.6. The van der Waals surface area contributed by atoms with Crippen LogP contribution in [0.15, 0.2) is 85.2 Å². The van der Waals surface area contributed by atoms with Crippen molar-refractivity contribution in [1.29, 1.82) is 0 Å². The van der Waals surface area contributed by atoms with Crippen LogP contribution in [-0.4, -0.2) is 16.4 Å². The summed E-state index contributed by atoms with van der Waals surface area (Å²) in [6, 6.07) is 25.3. The highest BCUT2D eigenvalue weighted by atomic mass is 15.2. The van der Waals surface area contributed by atoms with E-state index in [2.05, 4.69) is 64.5 Å². The monoisotopic (exact) mass is 317 g/mol. The maximum Gasteiger partial charge on any atom is 0.0492 e. The molecule has 0 radical (unpaired) electrons. The molecule has 3 heteroatoms. The van der Waals surface area contributed by atoms with E-state index in [0.717, 1.165) is 18.7 Å². The molecule has 0 aliphatic heterocycles. The fourth-order valence-electron chi connectivity index (χ4n) is 2.98. The van der Waals surface area contributed by atoms with Crippen LogP contribution in [-0.2, 0) is 13.1 Å². The van der Waals surface area contributed by atoms with Crippen LogP contribution in [0.5, 0.6) is 0 Å². The highest BCUT2D eigenvalue weighted by molar-refractivity contribution is 5.20. The minimum atomic E-state index is 0.138. The summed E-state index contributed by atoms with van der Waals surface area (Å²) in [6.45, 7) is 2.27. The van der Waals surface area contributed by atoms with E-state index in [1.807, 2.05) is 24.4 Å². The van der Waals surface area contributed by atoms with E-state index < -0.39 is 0 Å². The van der Waals surface area contributed by atoms with Gasteiger partial charge in [-0.2, -0.15) is 0 Å². The summed E-state index contributed by atoms with van der Waals surface area (Å²) in [4.78, 5) is 6.69. The molecule has 0 aliphatic carbocycles. The van der Waals surface area contributed by atoms with E-state index in [1.165, 1.54) is 11.1 Å². The number of nitrogens with zero attached hydrogens (tertiary/aromatic N) is 2. The van der Waals surface area contributed by atoms with E-state index in [4.69, 9.17) is 5.73 Å². The second-order valence-electron chi connectivity index (χ2n) is 5.91. The van der Waals surface area contributed by atoms with Crippen molar-refractivity contribution in [3.63, 3.8) is 0 Å². The van der Waals surface area contributed by atoms with Crippen molar-refractivity contribution in [2.24, 2.45) is 5.73 Å². The van der Waals surface area contributed by atoms with E-state index in [-0.39, 0.29) is 6.04 Å². The molecule has 0 fully saturated rings. The molecule has 2 aromatic carbocycles. The number of nitrogens with two attached hydrogens (primary N) is 1. The van der Waals surface area contributed by atoms with Gasteiger partial charge in [0.25, 0.3) is 0 Å². The number of hydrogen-bond donors (Lipinski definition) is 1. The Hall–Kier alpha value is -2.49. The molecule has 0 bridgehead atoms. The average Bonchev–Trinajstić information content (AvgIpc) is 2.65. The molecule has 24 heavy (non-hydrogen) atoms. The normalized spacial score (nSPS) is 12.2. The third kappa shape index (κ3) is 4.28. The van der Waals surface area contributed by atoms with Gasteiger partial charge in [0.1, 0.15) is 0 Å². The zero-order valence-electron chi connectivity index (χ0n) is 13.8. The Kier molecular flexibility index (Phi) is 5.72. The first kappa shape index (κ1) is 16.4. The number of rotatable bonds is 7. The Balaban J connectivity index is 1.88. The van der Waals surface area contributed by atoms with Crippen LogP contribution in [0.4, 0.5) is 0 Å². The van der Waals surface area contributed by atoms with Gasteiger partial charge >= 0.3 is 0 Å². The third-order valence-electron chi connectivity index (χ3n) is 4.19. The summed E-state index contributed by atoms with van der Waals surface area (Å²) in [6.07, 6.45) is 3.72. The maximum atomic E-state index is 6.14. The quantitative estimate of drug-likeness (QED) is 0.721. The predicted molar refractivity (Wildman–Crippen MR) is 98.2 cm³/mol. The molecule has 0 aliphatic rings. The Morgan fingerprint density at radius 1 is 0.792 bits per heavy atom. The average molecular weight is 317 g/mol. The molecule has 3 nitrogen and oxygen atoms in total. The second-order valence-corrected chi connectivity index (χ2v) is 5.91. The molecule has 1 atom stereocenters. The lowest BCUT2D eigenvalue weighted by Gasteiger charge is -2.31. The third-order valence-corrected chi connectivity index (χ3v) is 4.19. The van der Waals surface area contributed by atoms with Gasteiger partial charge in [-0.3, -0.25) is 9.88 Å². The van der Waals surface area contributed by atoms with Gasteiger partial charge in [-0.25, -0.2) is 0 Å². The molecule has 0 spiro atoms. The van der Waals surface area contributed by atoms with Gasteiger partial charge < -0.3 is 5.73 Å². The van der Waals surface area contributed by atoms with Crippen LogP contribution in [0.25, 0.3) is 0 Å². The number of benzene rings is 2. The molecule has 0 saturated carbocycles. The van der Waals surface area contributed by atoms with Crippen LogP contribution in [0.2, 0.25) is 0 Å². The number of pyridine rings is 1. The van der Waals surface area contributed by atoms with Crippen LogP contribution < -0.4 is 5.73 Å². The molecule has 0 amide bonds. The van der Waals surface area contributed by atoms with Crippen molar-refractivity contribution in [3.8, 4) is 0 Å². The second kappa shape index (κ2) is 8.39. The van der Waals surface area contributed by atoms with E-state index in [9.17, 15) is 0 Å². The van der Waals surface area contributed by atoms with Gasteiger partial charge in [0, 0.05) is 38.1 Å². The highest BCUT2D eigenvalue weighted by Gasteiger charge is 2.20. The summed E-state index contributed by atoms with van der Waals surface area (Å²) >= 11 is 0. The first-order valence-electron chi connectivity index (χ1n) is 8.28. The lowest BCUT2D eigenvalue weighted by molar-refractivity contribution is 0.183. The zero-order valence-corrected chi connectivity index (χ0v) is 13.8. The van der Waals surface area contributed by atoms with Gasteiger partial charge in [-0.1, -0.05) is 66.7 Å². The largest absolute Gasteiger partial charge is 0.329 e. The Bertz CT molecular complexity index is 672. The Labute approximate surface area is 143 Å². The molecule has 1 heterocycles. The van der Waals surface area contributed by atoms with E-state index in [1.54, 1.807) is 6.20 Å². The van der Waals surface area contributed by atoms with Crippen LogP contribution in [0, 0.1) is 0 Å². The maximum absolute atomic E-state index is 6.14. The van der Waals surface area contributed by atoms with Gasteiger partial charge in [-0.05, 0) is 22.8 Å². The van der Waals surface area contributed by atoms with Crippen LogP contribution in [0.1, 0.15) is 22.7 Å². The summed E-state index contributed by atoms with van der Waals surface area (Å²) < 4.78 is 0. The number of aromatic nitrogens is 1. The lowest BCUT2D eigenvalue weighted by Crippen LogP contribution is -2.33. The fourth-order valence-corrected chi connectivity index (χ4v) is 2.98. The summed E-state index contributed by atoms with van der Waals surface area (Å²) in [7, 11) is 0. The minimum absolute atomic E-state index is 0.138. The van der Waals surface area contributed by atoms with Gasteiger partial charge in [-0.15, -0.1) is 0 Å². The minimum Gasteiger partial charge on any atom is -0.329 e. The van der Waals surface area contributed by atoms with Crippen molar-refractivity contribution in [2.75, 3.05) is 6.54 Å². The SMILES string of the molecule is NCC(c1cccnc1)N(Cc1ccccc1)Cc1ccccc1. The van der Waals surface area contributed by atoms with Crippen LogP contribution >= 0.6 is 0 Å². The van der Waals surface area contributed by atoms with Crippen molar-refractivity contribution in [1.82, 2.24) is 9.88 Å². The summed E-state index contributed by atoms with van der Waals surface area (Å²) in [5.74, 6) is 0. The van der Waals surface area contributed by atoms with Crippen molar-refractivity contribution in [3.05, 3.63) is 102 Å². The van der Waals surface area contributed by atoms with Gasteiger partial charge in [0.2, 0.25) is 0 Å². The first-order valence-corrected chi connectivity index (χ1v) is 8.28. The molecule has 3 aromatic rings. The molecule has 1 aromatic heterocycles.